The smallest absolute Gasteiger partial charge is 0.260 e. The molecule has 0 bridgehead atoms. The number of carbonyl (C=O) groups excluding carboxylic acids is 1. The number of hydrogen-bond acceptors (Lipinski definition) is 3. The molecule has 21 heavy (non-hydrogen) atoms. The Bertz CT molecular complexity index is 519. The predicted molar refractivity (Wildman–Crippen MR) is 82.4 cm³/mol. The maximum atomic E-state index is 12.3. The first-order chi connectivity index (χ1) is 9.79. The lowest BCUT2D eigenvalue weighted by atomic mass is 9.97. The third kappa shape index (κ3) is 3.76. The van der Waals surface area contributed by atoms with Crippen LogP contribution in [0, 0.1) is 13.8 Å². The Kier molecular flexibility index (Phi) is 4.57. The minimum Gasteiger partial charge on any atom is -0.484 e. The Morgan fingerprint density at radius 3 is 2.71 bits per heavy atom. The Labute approximate surface area is 126 Å². The molecule has 1 atom stereocenters. The number of rotatable bonds is 4. The highest BCUT2D eigenvalue weighted by Crippen LogP contribution is 2.27. The molecule has 1 unspecified atom stereocenters. The monoisotopic (exact) mass is 291 g/mol. The molecule has 0 radical (unpaired) electrons. The highest BCUT2D eigenvalue weighted by Gasteiger charge is 2.38. The lowest BCUT2D eigenvalue weighted by Gasteiger charge is -2.33. The van der Waals surface area contributed by atoms with Crippen molar-refractivity contribution in [2.45, 2.75) is 52.2 Å². The molecule has 0 spiro atoms. The minimum absolute atomic E-state index is 0.0229. The van der Waals surface area contributed by atoms with Crippen molar-refractivity contribution in [1.82, 2.24) is 4.90 Å². The third-order valence-electron chi connectivity index (χ3n) is 4.23. The average molecular weight is 291 g/mol. The van der Waals surface area contributed by atoms with Crippen molar-refractivity contribution < 1.29 is 14.6 Å². The third-order valence-corrected chi connectivity index (χ3v) is 4.23. The largest absolute Gasteiger partial charge is 0.484 e. The zero-order valence-electron chi connectivity index (χ0n) is 13.3. The van der Waals surface area contributed by atoms with Gasteiger partial charge in [-0.15, -0.1) is 0 Å². The maximum Gasteiger partial charge on any atom is 0.260 e. The molecule has 0 aliphatic carbocycles. The van der Waals surface area contributed by atoms with Gasteiger partial charge in [0.05, 0.1) is 11.6 Å². The summed E-state index contributed by atoms with van der Waals surface area (Å²) >= 11 is 0. The lowest BCUT2D eigenvalue weighted by molar-refractivity contribution is -0.138. The first kappa shape index (κ1) is 15.8. The van der Waals surface area contributed by atoms with Gasteiger partial charge < -0.3 is 14.7 Å². The molecule has 0 aromatic heterocycles. The topological polar surface area (TPSA) is 49.8 Å². The number of aryl methyl sites for hydroxylation is 2. The number of likely N-dealkylation sites (tertiary alicyclic amines) is 1. The molecule has 1 aromatic rings. The van der Waals surface area contributed by atoms with Gasteiger partial charge in [0.25, 0.3) is 5.91 Å². The van der Waals surface area contributed by atoms with Crippen molar-refractivity contribution >= 4 is 5.91 Å². The van der Waals surface area contributed by atoms with E-state index in [4.69, 9.17) is 4.74 Å². The van der Waals surface area contributed by atoms with Crippen LogP contribution in [0.25, 0.3) is 0 Å². The summed E-state index contributed by atoms with van der Waals surface area (Å²) in [4.78, 5) is 14.1. The van der Waals surface area contributed by atoms with E-state index in [1.807, 2.05) is 32.0 Å². The normalized spacial score (nSPS) is 18.9. The summed E-state index contributed by atoms with van der Waals surface area (Å²) in [5, 5.41) is 10.2. The maximum absolute atomic E-state index is 12.3. The first-order valence-corrected chi connectivity index (χ1v) is 7.51. The summed E-state index contributed by atoms with van der Waals surface area (Å²) in [6.45, 7) is 8.30. The van der Waals surface area contributed by atoms with E-state index in [0.717, 1.165) is 18.4 Å². The van der Waals surface area contributed by atoms with E-state index < -0.39 is 5.60 Å². The van der Waals surface area contributed by atoms with Crippen LogP contribution in [0.1, 0.15) is 37.8 Å². The highest BCUT2D eigenvalue weighted by atomic mass is 16.5. The Morgan fingerprint density at radius 1 is 1.38 bits per heavy atom. The summed E-state index contributed by atoms with van der Waals surface area (Å²) in [5.74, 6) is 0.656. The number of amides is 1. The molecule has 1 saturated heterocycles. The summed E-state index contributed by atoms with van der Waals surface area (Å²) in [6.07, 6.45) is 1.78. The molecule has 0 saturated carbocycles. The van der Waals surface area contributed by atoms with Gasteiger partial charge in [0.15, 0.2) is 6.61 Å². The molecule has 1 aliphatic rings. The van der Waals surface area contributed by atoms with E-state index in [9.17, 15) is 9.90 Å². The second-order valence-electron chi connectivity index (χ2n) is 6.43. The average Bonchev–Trinajstić information content (AvgIpc) is 2.89. The van der Waals surface area contributed by atoms with Crippen LogP contribution in [0.5, 0.6) is 5.75 Å². The van der Waals surface area contributed by atoms with E-state index in [1.54, 1.807) is 18.7 Å². The van der Waals surface area contributed by atoms with E-state index in [1.165, 1.54) is 5.56 Å². The number of aliphatic hydroxyl groups is 1. The molecule has 4 nitrogen and oxygen atoms in total. The SMILES string of the molecule is Cc1ccc(OCC(=O)N2CCCC2C(C)(C)O)cc1C. The van der Waals surface area contributed by atoms with Crippen molar-refractivity contribution in [2.24, 2.45) is 0 Å². The summed E-state index contributed by atoms with van der Waals surface area (Å²) in [5.41, 5.74) is 1.48. The van der Waals surface area contributed by atoms with Gasteiger partial charge in [-0.3, -0.25) is 4.79 Å². The number of ether oxygens (including phenoxy) is 1. The standard InChI is InChI=1S/C17H25NO3/c1-12-7-8-14(10-13(12)2)21-11-16(19)18-9-5-6-15(18)17(3,4)20/h7-8,10,15,20H,5-6,9,11H2,1-4H3. The Hall–Kier alpha value is -1.55. The van der Waals surface area contributed by atoms with Crippen LogP contribution in [-0.2, 0) is 4.79 Å². The molecule has 4 heteroatoms. The van der Waals surface area contributed by atoms with E-state index >= 15 is 0 Å². The molecule has 1 N–H and O–H groups in total. The molecule has 1 heterocycles. The first-order valence-electron chi connectivity index (χ1n) is 7.51. The lowest BCUT2D eigenvalue weighted by Crippen LogP contribution is -2.49. The van der Waals surface area contributed by atoms with Gasteiger partial charge >= 0.3 is 0 Å². The highest BCUT2D eigenvalue weighted by molar-refractivity contribution is 5.78. The fourth-order valence-corrected chi connectivity index (χ4v) is 2.83. The van der Waals surface area contributed by atoms with Crippen molar-refractivity contribution in [3.05, 3.63) is 29.3 Å². The molecular formula is C17H25NO3. The van der Waals surface area contributed by atoms with Crippen LogP contribution < -0.4 is 4.74 Å². The van der Waals surface area contributed by atoms with Gasteiger partial charge in [-0.1, -0.05) is 6.07 Å². The van der Waals surface area contributed by atoms with Gasteiger partial charge in [0, 0.05) is 6.54 Å². The van der Waals surface area contributed by atoms with Crippen LogP contribution >= 0.6 is 0 Å². The van der Waals surface area contributed by atoms with Crippen LogP contribution in [0.3, 0.4) is 0 Å². The quantitative estimate of drug-likeness (QED) is 0.927. The zero-order chi connectivity index (χ0) is 15.6. The van der Waals surface area contributed by atoms with Crippen LogP contribution in [0.15, 0.2) is 18.2 Å². The number of benzene rings is 1. The molecule has 1 fully saturated rings. The summed E-state index contributed by atoms with van der Waals surface area (Å²) < 4.78 is 5.60. The van der Waals surface area contributed by atoms with Crippen molar-refractivity contribution in [2.75, 3.05) is 13.2 Å². The molecule has 2 rings (SSSR count). The summed E-state index contributed by atoms with van der Waals surface area (Å²) in [7, 11) is 0. The van der Waals surface area contributed by atoms with Gasteiger partial charge in [0.2, 0.25) is 0 Å². The second-order valence-corrected chi connectivity index (χ2v) is 6.43. The van der Waals surface area contributed by atoms with Gasteiger partial charge in [0.1, 0.15) is 5.75 Å². The molecule has 116 valence electrons. The molecule has 1 aromatic carbocycles. The number of carbonyl (C=O) groups is 1. The van der Waals surface area contributed by atoms with Crippen LogP contribution in [-0.4, -0.2) is 40.7 Å². The Balaban J connectivity index is 1.96. The predicted octanol–water partition coefficient (Wildman–Crippen LogP) is 2.44. The fraction of sp³-hybridized carbons (Fsp3) is 0.588. The van der Waals surface area contributed by atoms with Crippen LogP contribution in [0.4, 0.5) is 0 Å². The van der Waals surface area contributed by atoms with Gasteiger partial charge in [-0.05, 0) is 63.8 Å². The second kappa shape index (κ2) is 6.06. The van der Waals surface area contributed by atoms with Crippen molar-refractivity contribution in [3.63, 3.8) is 0 Å². The van der Waals surface area contributed by atoms with Crippen LogP contribution in [0.2, 0.25) is 0 Å². The van der Waals surface area contributed by atoms with Crippen molar-refractivity contribution in [1.29, 1.82) is 0 Å². The van der Waals surface area contributed by atoms with E-state index in [2.05, 4.69) is 0 Å². The molecule has 1 aliphatic heterocycles. The number of hydrogen-bond donors (Lipinski definition) is 1. The van der Waals surface area contributed by atoms with Gasteiger partial charge in [-0.25, -0.2) is 0 Å². The van der Waals surface area contributed by atoms with Crippen molar-refractivity contribution in [3.8, 4) is 5.75 Å². The molecule has 1 amide bonds. The van der Waals surface area contributed by atoms with E-state index in [-0.39, 0.29) is 18.6 Å². The molecular weight excluding hydrogens is 266 g/mol. The summed E-state index contributed by atoms with van der Waals surface area (Å²) in [6, 6.07) is 5.70. The zero-order valence-corrected chi connectivity index (χ0v) is 13.3. The van der Waals surface area contributed by atoms with Gasteiger partial charge in [-0.2, -0.15) is 0 Å². The number of nitrogens with zero attached hydrogens (tertiary/aromatic N) is 1. The Morgan fingerprint density at radius 2 is 2.10 bits per heavy atom. The van der Waals surface area contributed by atoms with E-state index in [0.29, 0.717) is 12.3 Å². The fourth-order valence-electron chi connectivity index (χ4n) is 2.83. The minimum atomic E-state index is -0.868.